The van der Waals surface area contributed by atoms with Crippen molar-refractivity contribution < 1.29 is 14.3 Å². The molecule has 0 saturated carbocycles. The monoisotopic (exact) mass is 272 g/mol. The summed E-state index contributed by atoms with van der Waals surface area (Å²) in [6.07, 6.45) is 1.88. The lowest BCUT2D eigenvalue weighted by atomic mass is 10.1. The number of aromatic nitrogens is 1. The van der Waals surface area contributed by atoms with Crippen molar-refractivity contribution in [3.05, 3.63) is 20.7 Å². The largest absolute Gasteiger partial charge is 0.466 e. The van der Waals surface area contributed by atoms with E-state index < -0.39 is 0 Å². The Labute approximate surface area is 108 Å². The highest BCUT2D eigenvalue weighted by Crippen LogP contribution is 2.04. The number of rotatable bonds is 6. The summed E-state index contributed by atoms with van der Waals surface area (Å²) in [6, 6.07) is 0. The van der Waals surface area contributed by atoms with Gasteiger partial charge in [0.05, 0.1) is 12.5 Å². The Kier molecular flexibility index (Phi) is 5.57. The van der Waals surface area contributed by atoms with Gasteiger partial charge in [-0.1, -0.05) is 18.3 Å². The van der Waals surface area contributed by atoms with Crippen LogP contribution >= 0.6 is 11.3 Å². The number of H-pyrrole nitrogens is 1. The first kappa shape index (κ1) is 14.4. The van der Waals surface area contributed by atoms with E-state index in [4.69, 9.17) is 4.74 Å². The molecular formula is C11H16N2O4S. The minimum atomic E-state index is -0.311. The number of amides is 1. The fourth-order valence-electron chi connectivity index (χ4n) is 1.29. The van der Waals surface area contributed by atoms with Crippen molar-refractivity contribution >= 4 is 23.2 Å². The molecule has 0 radical (unpaired) electrons. The molecule has 0 aliphatic rings. The lowest BCUT2D eigenvalue weighted by molar-refractivity contribution is -0.147. The summed E-state index contributed by atoms with van der Waals surface area (Å²) in [6.45, 7) is 4.22. The number of aromatic amines is 1. The predicted molar refractivity (Wildman–Crippen MR) is 67.7 cm³/mol. The first-order valence-corrected chi connectivity index (χ1v) is 6.49. The van der Waals surface area contributed by atoms with Crippen LogP contribution in [0, 0.1) is 5.92 Å². The first-order chi connectivity index (χ1) is 8.54. The summed E-state index contributed by atoms with van der Waals surface area (Å²) >= 11 is 0.854. The Morgan fingerprint density at radius 1 is 1.56 bits per heavy atom. The van der Waals surface area contributed by atoms with Crippen LogP contribution in [0.1, 0.15) is 29.9 Å². The van der Waals surface area contributed by atoms with Crippen LogP contribution in [0.2, 0.25) is 0 Å². The highest BCUT2D eigenvalue weighted by atomic mass is 32.1. The lowest BCUT2D eigenvalue weighted by Gasteiger charge is -2.10. The molecule has 7 heteroatoms. The van der Waals surface area contributed by atoms with Gasteiger partial charge in [0.15, 0.2) is 0 Å². The third-order valence-corrected chi connectivity index (χ3v) is 3.13. The molecule has 0 aliphatic heterocycles. The van der Waals surface area contributed by atoms with Gasteiger partial charge in [0.2, 0.25) is 0 Å². The molecule has 2 N–H and O–H groups in total. The fourth-order valence-corrected chi connectivity index (χ4v) is 1.89. The van der Waals surface area contributed by atoms with Gasteiger partial charge < -0.3 is 15.0 Å². The molecule has 1 amide bonds. The van der Waals surface area contributed by atoms with Crippen molar-refractivity contribution in [2.45, 2.75) is 20.3 Å². The standard InChI is InChI=1S/C11H16N2O4S/c1-3-17-10(15)7(2)4-5-12-9(14)8-6-13-11(16)18-8/h6-7H,3-5H2,1-2H3,(H,12,14)(H,13,16)/t7-/m1/s1. The molecule has 1 atom stereocenters. The van der Waals surface area contributed by atoms with E-state index in [-0.39, 0.29) is 22.7 Å². The molecule has 6 nitrogen and oxygen atoms in total. The van der Waals surface area contributed by atoms with Crippen LogP contribution in [0.5, 0.6) is 0 Å². The molecule has 0 saturated heterocycles. The normalized spacial score (nSPS) is 11.9. The van der Waals surface area contributed by atoms with Gasteiger partial charge in [0.1, 0.15) is 4.88 Å². The van der Waals surface area contributed by atoms with Crippen LogP contribution in [-0.2, 0) is 9.53 Å². The third-order valence-electron chi connectivity index (χ3n) is 2.30. The van der Waals surface area contributed by atoms with E-state index in [9.17, 15) is 14.4 Å². The Hall–Kier alpha value is -1.63. The van der Waals surface area contributed by atoms with Crippen LogP contribution in [-0.4, -0.2) is 30.0 Å². The van der Waals surface area contributed by atoms with Gasteiger partial charge in [0, 0.05) is 12.7 Å². The smallest absolute Gasteiger partial charge is 0.308 e. The molecule has 0 fully saturated rings. The van der Waals surface area contributed by atoms with Crippen LogP contribution in [0.4, 0.5) is 0 Å². The second-order valence-electron chi connectivity index (χ2n) is 3.74. The van der Waals surface area contributed by atoms with E-state index in [0.717, 1.165) is 11.3 Å². The van der Waals surface area contributed by atoms with Crippen LogP contribution in [0.15, 0.2) is 11.0 Å². The molecule has 0 spiro atoms. The number of hydrogen-bond acceptors (Lipinski definition) is 5. The molecule has 1 rings (SSSR count). The number of ether oxygens (including phenoxy) is 1. The Balaban J connectivity index is 2.31. The van der Waals surface area contributed by atoms with Crippen LogP contribution < -0.4 is 10.2 Å². The molecule has 18 heavy (non-hydrogen) atoms. The molecule has 1 aromatic rings. The molecule has 100 valence electrons. The van der Waals surface area contributed by atoms with Gasteiger partial charge in [-0.05, 0) is 13.3 Å². The Morgan fingerprint density at radius 2 is 2.28 bits per heavy atom. The predicted octanol–water partition coefficient (Wildman–Crippen LogP) is 0.755. The second kappa shape index (κ2) is 6.95. The zero-order valence-electron chi connectivity index (χ0n) is 10.3. The van der Waals surface area contributed by atoms with Crippen molar-refractivity contribution in [2.24, 2.45) is 5.92 Å². The van der Waals surface area contributed by atoms with Crippen LogP contribution in [0.25, 0.3) is 0 Å². The van der Waals surface area contributed by atoms with Gasteiger partial charge in [-0.3, -0.25) is 14.4 Å². The summed E-state index contributed by atoms with van der Waals surface area (Å²) in [5.74, 6) is -0.831. The maximum Gasteiger partial charge on any atom is 0.308 e. The number of carbonyl (C=O) groups is 2. The third kappa shape index (κ3) is 4.33. The topological polar surface area (TPSA) is 88.3 Å². The molecular weight excluding hydrogens is 256 g/mol. The summed E-state index contributed by atoms with van der Waals surface area (Å²) in [5.41, 5.74) is 0. The van der Waals surface area contributed by atoms with E-state index >= 15 is 0 Å². The number of nitrogens with one attached hydrogen (secondary N) is 2. The average Bonchev–Trinajstić information content (AvgIpc) is 2.76. The molecule has 1 heterocycles. The van der Waals surface area contributed by atoms with Gasteiger partial charge >= 0.3 is 10.8 Å². The van der Waals surface area contributed by atoms with Crippen molar-refractivity contribution in [1.29, 1.82) is 0 Å². The lowest BCUT2D eigenvalue weighted by Crippen LogP contribution is -2.27. The Morgan fingerprint density at radius 3 is 2.83 bits per heavy atom. The van der Waals surface area contributed by atoms with Gasteiger partial charge in [-0.25, -0.2) is 0 Å². The van der Waals surface area contributed by atoms with Crippen LogP contribution in [0.3, 0.4) is 0 Å². The number of carbonyl (C=O) groups excluding carboxylic acids is 2. The fraction of sp³-hybridized carbons (Fsp3) is 0.545. The van der Waals surface area contributed by atoms with E-state index in [2.05, 4.69) is 10.3 Å². The minimum absolute atomic E-state index is 0.254. The quantitative estimate of drug-likeness (QED) is 0.748. The van der Waals surface area contributed by atoms with E-state index in [1.807, 2.05) is 0 Å². The van der Waals surface area contributed by atoms with E-state index in [0.29, 0.717) is 24.4 Å². The number of thiazole rings is 1. The summed E-state index contributed by atoms with van der Waals surface area (Å²) in [5, 5.41) is 2.64. The highest BCUT2D eigenvalue weighted by Gasteiger charge is 2.14. The van der Waals surface area contributed by atoms with Gasteiger partial charge in [0.25, 0.3) is 5.91 Å². The minimum Gasteiger partial charge on any atom is -0.466 e. The number of esters is 1. The van der Waals surface area contributed by atoms with Gasteiger partial charge in [-0.15, -0.1) is 0 Å². The van der Waals surface area contributed by atoms with Gasteiger partial charge in [-0.2, -0.15) is 0 Å². The average molecular weight is 272 g/mol. The number of hydrogen-bond donors (Lipinski definition) is 2. The van der Waals surface area contributed by atoms with E-state index in [1.165, 1.54) is 6.20 Å². The maximum atomic E-state index is 11.6. The van der Waals surface area contributed by atoms with Crippen molar-refractivity contribution in [3.63, 3.8) is 0 Å². The zero-order valence-corrected chi connectivity index (χ0v) is 11.1. The second-order valence-corrected chi connectivity index (χ2v) is 4.75. The first-order valence-electron chi connectivity index (χ1n) is 5.68. The summed E-state index contributed by atoms with van der Waals surface area (Å²) in [4.78, 5) is 36.2. The summed E-state index contributed by atoms with van der Waals surface area (Å²) < 4.78 is 4.85. The molecule has 0 unspecified atom stereocenters. The zero-order chi connectivity index (χ0) is 13.5. The van der Waals surface area contributed by atoms with Crippen molar-refractivity contribution in [3.8, 4) is 0 Å². The van der Waals surface area contributed by atoms with Crippen molar-refractivity contribution in [1.82, 2.24) is 10.3 Å². The molecule has 0 aliphatic carbocycles. The SMILES string of the molecule is CCOC(=O)[C@H](C)CCNC(=O)c1c[nH]c(=O)s1. The Bertz CT molecular complexity index is 466. The van der Waals surface area contributed by atoms with E-state index in [1.54, 1.807) is 13.8 Å². The summed E-state index contributed by atoms with van der Waals surface area (Å²) in [7, 11) is 0. The molecule has 0 bridgehead atoms. The molecule has 1 aromatic heterocycles. The van der Waals surface area contributed by atoms with Crippen molar-refractivity contribution in [2.75, 3.05) is 13.2 Å². The molecule has 0 aromatic carbocycles. The highest BCUT2D eigenvalue weighted by molar-refractivity contribution is 7.11. The maximum absolute atomic E-state index is 11.6.